The molecule has 3 heteroatoms. The van der Waals surface area contributed by atoms with Crippen LogP contribution in [0.4, 0.5) is 0 Å². The Hall–Kier alpha value is -1.25. The van der Waals surface area contributed by atoms with E-state index in [1.165, 1.54) is 32.4 Å². The lowest BCUT2D eigenvalue weighted by atomic mass is 9.89. The Morgan fingerprint density at radius 2 is 2.20 bits per heavy atom. The number of carbonyl (C=O) groups excluding carboxylic acids is 1. The van der Waals surface area contributed by atoms with E-state index in [1.54, 1.807) is 0 Å². The molecule has 0 bridgehead atoms. The number of hydrogen-bond acceptors (Lipinski definition) is 3. The highest BCUT2D eigenvalue weighted by molar-refractivity contribution is 5.83. The minimum atomic E-state index is -0.359. The van der Waals surface area contributed by atoms with Crippen LogP contribution in [-0.2, 0) is 14.3 Å². The van der Waals surface area contributed by atoms with Gasteiger partial charge in [-0.1, -0.05) is 40.0 Å². The van der Waals surface area contributed by atoms with Crippen LogP contribution < -0.4 is 0 Å². The first-order valence-electron chi connectivity index (χ1n) is 7.64. The van der Waals surface area contributed by atoms with E-state index in [4.69, 9.17) is 4.74 Å². The van der Waals surface area contributed by atoms with E-state index in [0.29, 0.717) is 11.7 Å². The Morgan fingerprint density at radius 1 is 1.50 bits per heavy atom. The molecule has 2 atom stereocenters. The van der Waals surface area contributed by atoms with Gasteiger partial charge in [0.05, 0.1) is 13.2 Å². The number of unbranched alkanes of at least 4 members (excludes halogenated alkanes) is 1. The fraction of sp³-hybridized carbons (Fsp3) is 0.706. The lowest BCUT2D eigenvalue weighted by Crippen LogP contribution is -2.25. The molecule has 0 aromatic rings. The average molecular weight is 280 g/mol. The Morgan fingerprint density at radius 3 is 2.75 bits per heavy atom. The van der Waals surface area contributed by atoms with Gasteiger partial charge in [0.25, 0.3) is 0 Å². The van der Waals surface area contributed by atoms with Crippen molar-refractivity contribution in [3.8, 4) is 0 Å². The van der Waals surface area contributed by atoms with Crippen molar-refractivity contribution in [2.75, 3.05) is 7.11 Å². The van der Waals surface area contributed by atoms with E-state index in [2.05, 4.69) is 38.5 Å². The van der Waals surface area contributed by atoms with Crippen molar-refractivity contribution in [1.82, 2.24) is 0 Å². The van der Waals surface area contributed by atoms with Crippen LogP contribution in [-0.4, -0.2) is 18.7 Å². The molecule has 0 saturated carbocycles. The van der Waals surface area contributed by atoms with Crippen molar-refractivity contribution in [2.45, 2.75) is 65.4 Å². The van der Waals surface area contributed by atoms with Crippen molar-refractivity contribution in [3.05, 3.63) is 23.5 Å². The summed E-state index contributed by atoms with van der Waals surface area (Å²) in [6.45, 7) is 8.66. The van der Waals surface area contributed by atoms with E-state index in [-0.39, 0.29) is 11.6 Å². The molecule has 0 aliphatic carbocycles. The quantitative estimate of drug-likeness (QED) is 0.512. The SMILES string of the molecule is CCCCC(C)CC1(C)C=C(CC)C(=CC(=O)OC)O1. The second-order valence-electron chi connectivity index (χ2n) is 5.92. The Kier molecular flexibility index (Phi) is 6.31. The summed E-state index contributed by atoms with van der Waals surface area (Å²) < 4.78 is 10.7. The van der Waals surface area contributed by atoms with Crippen molar-refractivity contribution in [1.29, 1.82) is 0 Å². The summed E-state index contributed by atoms with van der Waals surface area (Å²) in [7, 11) is 1.38. The third kappa shape index (κ3) is 4.69. The fourth-order valence-electron chi connectivity index (χ4n) is 2.80. The number of ether oxygens (including phenoxy) is 2. The first-order valence-corrected chi connectivity index (χ1v) is 7.64. The van der Waals surface area contributed by atoms with Gasteiger partial charge in [0.1, 0.15) is 11.4 Å². The van der Waals surface area contributed by atoms with E-state index < -0.39 is 0 Å². The van der Waals surface area contributed by atoms with E-state index in [1.807, 2.05) is 0 Å². The molecular weight excluding hydrogens is 252 g/mol. The van der Waals surface area contributed by atoms with Crippen LogP contribution >= 0.6 is 0 Å². The fourth-order valence-corrected chi connectivity index (χ4v) is 2.80. The number of rotatable bonds is 7. The topological polar surface area (TPSA) is 35.5 Å². The lowest BCUT2D eigenvalue weighted by molar-refractivity contribution is -0.135. The van der Waals surface area contributed by atoms with Crippen molar-refractivity contribution >= 4 is 5.97 Å². The molecule has 1 aliphatic rings. The van der Waals surface area contributed by atoms with Crippen LogP contribution in [0.3, 0.4) is 0 Å². The van der Waals surface area contributed by atoms with Crippen LogP contribution in [0.15, 0.2) is 23.5 Å². The number of esters is 1. The molecule has 0 amide bonds. The first kappa shape index (κ1) is 16.8. The summed E-state index contributed by atoms with van der Waals surface area (Å²) in [5.41, 5.74) is 0.804. The third-order valence-electron chi connectivity index (χ3n) is 3.77. The standard InChI is InChI=1S/C17H28O3/c1-6-8-9-13(3)11-17(4)12-14(7-2)15(20-17)10-16(18)19-5/h10,12-13H,6-9,11H2,1-5H3. The molecule has 0 aromatic heterocycles. The molecule has 0 spiro atoms. The number of methoxy groups -OCH3 is 1. The molecule has 0 radical (unpaired) electrons. The summed E-state index contributed by atoms with van der Waals surface area (Å²) >= 11 is 0. The van der Waals surface area contributed by atoms with E-state index in [0.717, 1.165) is 18.4 Å². The smallest absolute Gasteiger partial charge is 0.334 e. The maximum Gasteiger partial charge on any atom is 0.334 e. The molecule has 0 N–H and O–H groups in total. The molecule has 0 fully saturated rings. The van der Waals surface area contributed by atoms with E-state index >= 15 is 0 Å². The number of hydrogen-bond donors (Lipinski definition) is 0. The number of carbonyl (C=O) groups is 1. The molecule has 1 rings (SSSR count). The summed E-state index contributed by atoms with van der Waals surface area (Å²) in [6, 6.07) is 0. The minimum Gasteiger partial charge on any atom is -0.483 e. The summed E-state index contributed by atoms with van der Waals surface area (Å²) in [5, 5.41) is 0. The highest BCUT2D eigenvalue weighted by atomic mass is 16.5. The van der Waals surface area contributed by atoms with Crippen LogP contribution in [0.2, 0.25) is 0 Å². The zero-order valence-corrected chi connectivity index (χ0v) is 13.5. The molecule has 0 saturated heterocycles. The second-order valence-corrected chi connectivity index (χ2v) is 5.92. The summed E-state index contributed by atoms with van der Waals surface area (Å²) in [4.78, 5) is 11.4. The molecule has 3 nitrogen and oxygen atoms in total. The predicted octanol–water partition coefficient (Wildman–Crippen LogP) is 4.39. The average Bonchev–Trinajstić information content (AvgIpc) is 2.72. The van der Waals surface area contributed by atoms with Crippen molar-refractivity contribution in [2.24, 2.45) is 5.92 Å². The van der Waals surface area contributed by atoms with E-state index in [9.17, 15) is 4.79 Å². The molecule has 1 heterocycles. The maximum atomic E-state index is 11.4. The monoisotopic (exact) mass is 280 g/mol. The molecule has 20 heavy (non-hydrogen) atoms. The Labute approximate surface area is 123 Å². The van der Waals surface area contributed by atoms with Crippen LogP contribution in [0.25, 0.3) is 0 Å². The number of allylic oxidation sites excluding steroid dienone is 1. The third-order valence-corrected chi connectivity index (χ3v) is 3.77. The van der Waals surface area contributed by atoms with Gasteiger partial charge in [-0.15, -0.1) is 0 Å². The minimum absolute atomic E-state index is 0.293. The highest BCUT2D eigenvalue weighted by Gasteiger charge is 2.34. The highest BCUT2D eigenvalue weighted by Crippen LogP contribution is 2.38. The van der Waals surface area contributed by atoms with Crippen LogP contribution in [0.5, 0.6) is 0 Å². The van der Waals surface area contributed by atoms with Crippen molar-refractivity contribution in [3.63, 3.8) is 0 Å². The van der Waals surface area contributed by atoms with Gasteiger partial charge in [0.2, 0.25) is 0 Å². The maximum absolute atomic E-state index is 11.4. The Bertz CT molecular complexity index is 395. The zero-order chi connectivity index (χ0) is 15.2. The van der Waals surface area contributed by atoms with Gasteiger partial charge in [0.15, 0.2) is 0 Å². The normalized spacial score (nSPS) is 25.2. The lowest BCUT2D eigenvalue weighted by Gasteiger charge is -2.26. The zero-order valence-electron chi connectivity index (χ0n) is 13.5. The van der Waals surface area contributed by atoms with Crippen molar-refractivity contribution < 1.29 is 14.3 Å². The van der Waals surface area contributed by atoms with Gasteiger partial charge in [-0.25, -0.2) is 4.79 Å². The Balaban J connectivity index is 2.75. The van der Waals surface area contributed by atoms with Gasteiger partial charge >= 0.3 is 5.97 Å². The summed E-state index contributed by atoms with van der Waals surface area (Å²) in [5.74, 6) is 0.930. The predicted molar refractivity (Wildman–Crippen MR) is 81.3 cm³/mol. The molecule has 1 aliphatic heterocycles. The second kappa shape index (κ2) is 7.51. The van der Waals surface area contributed by atoms with Crippen LogP contribution in [0.1, 0.15) is 59.8 Å². The largest absolute Gasteiger partial charge is 0.483 e. The van der Waals surface area contributed by atoms with Gasteiger partial charge in [-0.2, -0.15) is 0 Å². The molecule has 0 aromatic carbocycles. The van der Waals surface area contributed by atoms with Gasteiger partial charge in [-0.05, 0) is 37.3 Å². The van der Waals surface area contributed by atoms with Gasteiger partial charge in [-0.3, -0.25) is 0 Å². The van der Waals surface area contributed by atoms with Gasteiger partial charge < -0.3 is 9.47 Å². The molecular formula is C17H28O3. The van der Waals surface area contributed by atoms with Gasteiger partial charge in [0, 0.05) is 0 Å². The van der Waals surface area contributed by atoms with Crippen LogP contribution in [0, 0.1) is 5.92 Å². The molecule has 114 valence electrons. The summed E-state index contributed by atoms with van der Waals surface area (Å²) in [6.07, 6.45) is 9.18. The molecule has 2 unspecified atom stereocenters. The first-order chi connectivity index (χ1) is 9.44.